The van der Waals surface area contributed by atoms with Crippen molar-refractivity contribution < 1.29 is 5.11 Å². The van der Waals surface area contributed by atoms with Gasteiger partial charge in [0.1, 0.15) is 5.75 Å². The average Bonchev–Trinajstić information content (AvgIpc) is 2.83. The molecule has 0 spiro atoms. The predicted molar refractivity (Wildman–Crippen MR) is 67.6 cm³/mol. The monoisotopic (exact) mass is 228 g/mol. The van der Waals surface area contributed by atoms with E-state index in [0.717, 1.165) is 12.8 Å². The van der Waals surface area contributed by atoms with Crippen LogP contribution >= 0.6 is 0 Å². The fourth-order valence-corrected chi connectivity index (χ4v) is 2.52. The molecule has 0 saturated heterocycles. The van der Waals surface area contributed by atoms with Crippen molar-refractivity contribution in [1.82, 2.24) is 4.68 Å². The molecule has 1 aliphatic carbocycles. The standard InChI is InChI=1S/C14H16N2O/c17-12-7-6-11-4-3-5-14(13(11)10-12)15-16-8-1-2-9-16/h1-2,6-10,14-15,17H,3-5H2. The highest BCUT2D eigenvalue weighted by molar-refractivity contribution is 5.39. The van der Waals surface area contributed by atoms with Gasteiger partial charge in [0.25, 0.3) is 0 Å². The molecular formula is C14H16N2O. The Balaban J connectivity index is 1.90. The Morgan fingerprint density at radius 2 is 2.06 bits per heavy atom. The molecule has 0 aliphatic heterocycles. The molecule has 1 aromatic heterocycles. The molecule has 1 aromatic carbocycles. The minimum atomic E-state index is 0.290. The number of benzene rings is 1. The predicted octanol–water partition coefficient (Wildman–Crippen LogP) is 2.81. The molecule has 1 aliphatic rings. The number of phenols is 1. The van der Waals surface area contributed by atoms with Gasteiger partial charge in [0.05, 0.1) is 6.04 Å². The molecule has 2 aromatic rings. The van der Waals surface area contributed by atoms with Gasteiger partial charge in [-0.15, -0.1) is 0 Å². The van der Waals surface area contributed by atoms with Crippen LogP contribution < -0.4 is 5.43 Å². The largest absolute Gasteiger partial charge is 0.508 e. The average molecular weight is 228 g/mol. The van der Waals surface area contributed by atoms with Crippen molar-refractivity contribution in [2.45, 2.75) is 25.3 Å². The topological polar surface area (TPSA) is 37.2 Å². The van der Waals surface area contributed by atoms with Crippen molar-refractivity contribution in [2.24, 2.45) is 0 Å². The highest BCUT2D eigenvalue weighted by Crippen LogP contribution is 2.32. The van der Waals surface area contributed by atoms with Crippen LogP contribution in [0.15, 0.2) is 42.7 Å². The molecular weight excluding hydrogens is 212 g/mol. The van der Waals surface area contributed by atoms with E-state index >= 15 is 0 Å². The summed E-state index contributed by atoms with van der Waals surface area (Å²) >= 11 is 0. The van der Waals surface area contributed by atoms with Gasteiger partial charge >= 0.3 is 0 Å². The molecule has 1 unspecified atom stereocenters. The second-order valence-corrected chi connectivity index (χ2v) is 4.55. The first-order valence-corrected chi connectivity index (χ1v) is 6.04. The highest BCUT2D eigenvalue weighted by atomic mass is 16.3. The molecule has 0 fully saturated rings. The number of aromatic hydroxyl groups is 1. The van der Waals surface area contributed by atoms with Crippen molar-refractivity contribution in [3.63, 3.8) is 0 Å². The summed E-state index contributed by atoms with van der Waals surface area (Å²) in [5.74, 6) is 0.352. The summed E-state index contributed by atoms with van der Waals surface area (Å²) in [5.41, 5.74) is 6.02. The summed E-state index contributed by atoms with van der Waals surface area (Å²) in [6.45, 7) is 0. The maximum absolute atomic E-state index is 9.60. The zero-order valence-electron chi connectivity index (χ0n) is 9.63. The molecule has 0 bridgehead atoms. The Hall–Kier alpha value is -1.90. The number of rotatable bonds is 2. The van der Waals surface area contributed by atoms with E-state index in [4.69, 9.17) is 0 Å². The smallest absolute Gasteiger partial charge is 0.115 e. The molecule has 1 atom stereocenters. The molecule has 2 N–H and O–H groups in total. The molecule has 0 radical (unpaired) electrons. The van der Waals surface area contributed by atoms with Gasteiger partial charge in [-0.05, 0) is 54.7 Å². The number of hydrogen-bond donors (Lipinski definition) is 2. The lowest BCUT2D eigenvalue weighted by molar-refractivity contribution is 0.470. The van der Waals surface area contributed by atoms with Gasteiger partial charge in [0.2, 0.25) is 0 Å². The van der Waals surface area contributed by atoms with Crippen LogP contribution in [-0.4, -0.2) is 9.78 Å². The maximum atomic E-state index is 9.60. The fraction of sp³-hybridized carbons (Fsp3) is 0.286. The van der Waals surface area contributed by atoms with Crippen molar-refractivity contribution >= 4 is 0 Å². The van der Waals surface area contributed by atoms with Crippen LogP contribution in [0.4, 0.5) is 0 Å². The van der Waals surface area contributed by atoms with Gasteiger partial charge in [0, 0.05) is 12.4 Å². The SMILES string of the molecule is Oc1ccc2c(c1)C(Nn1cccc1)CCC2. The number of fused-ring (bicyclic) bond motifs is 1. The Kier molecular flexibility index (Phi) is 2.52. The summed E-state index contributed by atoms with van der Waals surface area (Å²) < 4.78 is 1.98. The number of phenolic OH excluding ortho intramolecular Hbond substituents is 1. The van der Waals surface area contributed by atoms with E-state index < -0.39 is 0 Å². The van der Waals surface area contributed by atoms with Crippen LogP contribution in [0.25, 0.3) is 0 Å². The number of nitrogens with zero attached hydrogens (tertiary/aromatic N) is 1. The zero-order chi connectivity index (χ0) is 11.7. The van der Waals surface area contributed by atoms with Crippen molar-refractivity contribution in [2.75, 3.05) is 5.43 Å². The van der Waals surface area contributed by atoms with Crippen LogP contribution in [0, 0.1) is 0 Å². The van der Waals surface area contributed by atoms with E-state index in [-0.39, 0.29) is 0 Å². The van der Waals surface area contributed by atoms with Gasteiger partial charge in [-0.25, -0.2) is 0 Å². The first-order chi connectivity index (χ1) is 8.33. The van der Waals surface area contributed by atoms with Gasteiger partial charge in [-0.1, -0.05) is 6.07 Å². The van der Waals surface area contributed by atoms with Gasteiger partial charge in [0.15, 0.2) is 0 Å². The molecule has 3 nitrogen and oxygen atoms in total. The lowest BCUT2D eigenvalue weighted by Crippen LogP contribution is -2.23. The second-order valence-electron chi connectivity index (χ2n) is 4.55. The minimum Gasteiger partial charge on any atom is -0.508 e. The molecule has 88 valence electrons. The Morgan fingerprint density at radius 1 is 1.24 bits per heavy atom. The van der Waals surface area contributed by atoms with E-state index in [1.165, 1.54) is 17.5 Å². The molecule has 17 heavy (non-hydrogen) atoms. The second kappa shape index (κ2) is 4.17. The molecule has 1 heterocycles. The van der Waals surface area contributed by atoms with Crippen molar-refractivity contribution in [3.05, 3.63) is 53.9 Å². The number of nitrogens with one attached hydrogen (secondary N) is 1. The van der Waals surface area contributed by atoms with E-state index in [9.17, 15) is 5.11 Å². The lowest BCUT2D eigenvalue weighted by atomic mass is 9.88. The fourth-order valence-electron chi connectivity index (χ4n) is 2.52. The normalized spacial score (nSPS) is 18.7. The first-order valence-electron chi connectivity index (χ1n) is 6.04. The van der Waals surface area contributed by atoms with Crippen molar-refractivity contribution in [1.29, 1.82) is 0 Å². The Labute approximate surface area is 101 Å². The highest BCUT2D eigenvalue weighted by Gasteiger charge is 2.20. The maximum Gasteiger partial charge on any atom is 0.115 e. The number of hydrogen-bond acceptors (Lipinski definition) is 2. The molecule has 0 amide bonds. The Bertz CT molecular complexity index is 505. The number of aromatic nitrogens is 1. The third-order valence-corrected chi connectivity index (χ3v) is 3.35. The Morgan fingerprint density at radius 3 is 2.88 bits per heavy atom. The van der Waals surface area contributed by atoms with Gasteiger partial charge < -0.3 is 10.5 Å². The van der Waals surface area contributed by atoms with Crippen LogP contribution in [0.1, 0.15) is 30.0 Å². The quantitative estimate of drug-likeness (QED) is 0.829. The third kappa shape index (κ3) is 2.00. The van der Waals surface area contributed by atoms with Crippen molar-refractivity contribution in [3.8, 4) is 5.75 Å². The van der Waals surface area contributed by atoms with Crippen LogP contribution in [0.5, 0.6) is 5.75 Å². The summed E-state index contributed by atoms with van der Waals surface area (Å²) in [5, 5.41) is 9.60. The first kappa shape index (κ1) is 10.3. The summed E-state index contributed by atoms with van der Waals surface area (Å²) in [4.78, 5) is 0. The van der Waals surface area contributed by atoms with Crippen LogP contribution in [0.2, 0.25) is 0 Å². The lowest BCUT2D eigenvalue weighted by Gasteiger charge is -2.27. The zero-order valence-corrected chi connectivity index (χ0v) is 9.63. The molecule has 3 rings (SSSR count). The number of aryl methyl sites for hydroxylation is 1. The molecule has 3 heteroatoms. The van der Waals surface area contributed by atoms with Gasteiger partial charge in [-0.2, -0.15) is 0 Å². The van der Waals surface area contributed by atoms with Crippen LogP contribution in [0.3, 0.4) is 0 Å². The molecule has 0 saturated carbocycles. The summed E-state index contributed by atoms with van der Waals surface area (Å²) in [6, 6.07) is 9.98. The third-order valence-electron chi connectivity index (χ3n) is 3.35. The minimum absolute atomic E-state index is 0.290. The van der Waals surface area contributed by atoms with E-state index in [1.54, 1.807) is 6.07 Å². The van der Waals surface area contributed by atoms with E-state index in [1.807, 2.05) is 41.3 Å². The van der Waals surface area contributed by atoms with E-state index in [0.29, 0.717) is 11.8 Å². The van der Waals surface area contributed by atoms with Crippen LogP contribution in [-0.2, 0) is 6.42 Å². The van der Waals surface area contributed by atoms with E-state index in [2.05, 4.69) is 5.43 Å². The summed E-state index contributed by atoms with van der Waals surface area (Å²) in [6.07, 6.45) is 7.40. The van der Waals surface area contributed by atoms with Gasteiger partial charge in [-0.3, -0.25) is 4.68 Å². The summed E-state index contributed by atoms with van der Waals surface area (Å²) in [7, 11) is 0.